The lowest BCUT2D eigenvalue weighted by molar-refractivity contribution is -0.146. The Morgan fingerprint density at radius 3 is 2.23 bits per heavy atom. The fourth-order valence-electron chi connectivity index (χ4n) is 2.54. The summed E-state index contributed by atoms with van der Waals surface area (Å²) in [5.74, 6) is 3.19. The van der Waals surface area contributed by atoms with Gasteiger partial charge in [-0.3, -0.25) is 4.79 Å². The first-order valence-electron chi connectivity index (χ1n) is 8.44. The van der Waals surface area contributed by atoms with Crippen molar-refractivity contribution in [1.82, 2.24) is 14.9 Å². The third-order valence-corrected chi connectivity index (χ3v) is 5.15. The normalized spacial score (nSPS) is 13.1. The maximum atomic E-state index is 12.9. The Kier molecular flexibility index (Phi) is 6.15. The van der Waals surface area contributed by atoms with Crippen LogP contribution >= 0.6 is 11.8 Å². The zero-order valence-corrected chi connectivity index (χ0v) is 16.1. The number of carbonyl (C=O) groups is 1. The van der Waals surface area contributed by atoms with Gasteiger partial charge in [0.05, 0.1) is 5.56 Å². The molecular weight excluding hydrogens is 448 g/mol. The van der Waals surface area contributed by atoms with Crippen molar-refractivity contribution in [2.75, 3.05) is 11.2 Å². The molecule has 3 rings (SSSR count). The van der Waals surface area contributed by atoms with E-state index in [1.54, 1.807) is 18.2 Å². The average Bonchev–Trinajstić information content (AvgIpc) is 3.07. The second-order valence-electron chi connectivity index (χ2n) is 6.15. The molecule has 1 aromatic heterocycles. The Morgan fingerprint density at radius 1 is 0.968 bits per heavy atom. The Morgan fingerprint density at radius 2 is 1.65 bits per heavy atom. The first-order chi connectivity index (χ1) is 14.5. The zero-order valence-electron chi connectivity index (χ0n) is 15.3. The third kappa shape index (κ3) is 5.29. The third-order valence-electron chi connectivity index (χ3n) is 3.94. The van der Waals surface area contributed by atoms with E-state index < -0.39 is 40.1 Å². The van der Waals surface area contributed by atoms with Gasteiger partial charge in [-0.15, -0.1) is 10.2 Å². The largest absolute Gasteiger partial charge is 0.453 e. The molecule has 0 aliphatic heterocycles. The van der Waals surface area contributed by atoms with Crippen LogP contribution in [0.25, 0.3) is 0 Å². The number of rotatable bonds is 5. The van der Waals surface area contributed by atoms with Crippen molar-refractivity contribution < 1.29 is 31.1 Å². The van der Waals surface area contributed by atoms with Gasteiger partial charge >= 0.3 is 12.4 Å². The first kappa shape index (κ1) is 22.5. The van der Waals surface area contributed by atoms with Gasteiger partial charge in [0, 0.05) is 5.69 Å². The fraction of sp³-hybridized carbons (Fsp3) is 0.167. The molecule has 0 bridgehead atoms. The molecule has 3 aromatic rings. The minimum atomic E-state index is -4.86. The maximum Gasteiger partial charge on any atom is 0.453 e. The summed E-state index contributed by atoms with van der Waals surface area (Å²) in [6, 6.07) is 11.9. The highest BCUT2D eigenvalue weighted by Crippen LogP contribution is 2.37. The fourth-order valence-corrected chi connectivity index (χ4v) is 3.50. The molecule has 0 spiro atoms. The monoisotopic (exact) mass is 461 g/mol. The number of aromatic nitrogens is 3. The molecule has 1 amide bonds. The molecule has 13 heteroatoms. The Hall–Kier alpha value is -3.22. The Bertz CT molecular complexity index is 1070. The summed E-state index contributed by atoms with van der Waals surface area (Å²) in [6.45, 7) is 0. The smallest absolute Gasteiger partial charge is 0.335 e. The van der Waals surface area contributed by atoms with E-state index in [2.05, 4.69) is 15.5 Å². The van der Waals surface area contributed by atoms with Crippen LogP contribution in [0, 0.1) is 0 Å². The van der Waals surface area contributed by atoms with Crippen LogP contribution in [-0.4, -0.2) is 20.8 Å². The standard InChI is InChI=1S/C18H13F6N5OS/c19-17(20,21)11-7-4-8-12(9-11)26-14(30)13(10-5-2-1-3-6-10)31-16-28-27-15(29(16)25)18(22,23)24/h1-9,13H,25H2,(H,26,30). The number of nitrogens with zero attached hydrogens (tertiary/aromatic N) is 3. The van der Waals surface area contributed by atoms with E-state index in [9.17, 15) is 31.1 Å². The van der Waals surface area contributed by atoms with Crippen LogP contribution in [0.15, 0.2) is 59.8 Å². The highest BCUT2D eigenvalue weighted by atomic mass is 32.2. The highest BCUT2D eigenvalue weighted by molar-refractivity contribution is 8.00. The Balaban J connectivity index is 1.90. The molecule has 1 heterocycles. The van der Waals surface area contributed by atoms with Crippen LogP contribution < -0.4 is 11.2 Å². The van der Waals surface area contributed by atoms with Crippen LogP contribution in [0.1, 0.15) is 22.2 Å². The number of benzene rings is 2. The first-order valence-corrected chi connectivity index (χ1v) is 9.32. The van der Waals surface area contributed by atoms with Crippen molar-refractivity contribution in [2.45, 2.75) is 22.8 Å². The van der Waals surface area contributed by atoms with Gasteiger partial charge in [-0.25, -0.2) is 4.68 Å². The number of anilines is 1. The van der Waals surface area contributed by atoms with E-state index in [0.717, 1.165) is 18.2 Å². The number of halogens is 6. The molecule has 6 nitrogen and oxygen atoms in total. The summed E-state index contributed by atoms with van der Waals surface area (Å²) in [6.07, 6.45) is -9.47. The van der Waals surface area contributed by atoms with Gasteiger partial charge in [-0.1, -0.05) is 48.2 Å². The molecule has 0 aliphatic carbocycles. The van der Waals surface area contributed by atoms with Crippen LogP contribution in [0.2, 0.25) is 0 Å². The topological polar surface area (TPSA) is 85.8 Å². The molecule has 164 valence electrons. The number of alkyl halides is 6. The second kappa shape index (κ2) is 8.49. The van der Waals surface area contributed by atoms with Gasteiger partial charge < -0.3 is 11.2 Å². The van der Waals surface area contributed by atoms with E-state index >= 15 is 0 Å². The average molecular weight is 461 g/mol. The van der Waals surface area contributed by atoms with Crippen molar-refractivity contribution in [3.8, 4) is 0 Å². The van der Waals surface area contributed by atoms with Gasteiger partial charge in [0.1, 0.15) is 5.25 Å². The minimum Gasteiger partial charge on any atom is -0.335 e. The van der Waals surface area contributed by atoms with Gasteiger partial charge in [0.2, 0.25) is 11.1 Å². The second-order valence-corrected chi connectivity index (χ2v) is 7.22. The number of thioether (sulfide) groups is 1. The summed E-state index contributed by atoms with van der Waals surface area (Å²) >= 11 is 0.573. The van der Waals surface area contributed by atoms with E-state index in [1.165, 1.54) is 18.2 Å². The lowest BCUT2D eigenvalue weighted by Crippen LogP contribution is -2.23. The predicted octanol–water partition coefficient (Wildman–Crippen LogP) is 4.50. The molecule has 0 radical (unpaired) electrons. The number of carbonyl (C=O) groups excluding carboxylic acids is 1. The number of nitrogens with two attached hydrogens (primary N) is 1. The SMILES string of the molecule is Nn1c(SC(C(=O)Nc2cccc(C(F)(F)F)c2)c2ccccc2)nnc1C(F)(F)F. The van der Waals surface area contributed by atoms with Crippen molar-refractivity contribution in [3.63, 3.8) is 0 Å². The van der Waals surface area contributed by atoms with E-state index in [0.29, 0.717) is 17.3 Å². The number of hydrogen-bond acceptors (Lipinski definition) is 5. The van der Waals surface area contributed by atoms with Crippen molar-refractivity contribution in [1.29, 1.82) is 0 Å². The lowest BCUT2D eigenvalue weighted by Gasteiger charge is -2.17. The van der Waals surface area contributed by atoms with Crippen LogP contribution in [0.3, 0.4) is 0 Å². The zero-order chi connectivity index (χ0) is 22.8. The van der Waals surface area contributed by atoms with Crippen molar-refractivity contribution in [2.24, 2.45) is 0 Å². The van der Waals surface area contributed by atoms with Gasteiger partial charge in [0.25, 0.3) is 5.82 Å². The van der Waals surface area contributed by atoms with Crippen LogP contribution in [0.5, 0.6) is 0 Å². The summed E-state index contributed by atoms with van der Waals surface area (Å²) in [5.41, 5.74) is -0.731. The molecular formula is C18H13F6N5OS. The lowest BCUT2D eigenvalue weighted by atomic mass is 10.1. The summed E-state index contributed by atoms with van der Waals surface area (Å²) in [5, 5.41) is 7.16. The predicted molar refractivity (Wildman–Crippen MR) is 100 cm³/mol. The molecule has 2 aromatic carbocycles. The van der Waals surface area contributed by atoms with Gasteiger partial charge in [-0.2, -0.15) is 26.3 Å². The number of amides is 1. The molecule has 0 aliphatic rings. The summed E-state index contributed by atoms with van der Waals surface area (Å²) < 4.78 is 77.7. The maximum absolute atomic E-state index is 12.9. The van der Waals surface area contributed by atoms with E-state index in [-0.39, 0.29) is 10.4 Å². The van der Waals surface area contributed by atoms with Crippen LogP contribution in [-0.2, 0) is 17.1 Å². The van der Waals surface area contributed by atoms with E-state index in [1.807, 2.05) is 0 Å². The van der Waals surface area contributed by atoms with Crippen LogP contribution in [0.4, 0.5) is 32.0 Å². The molecule has 0 fully saturated rings. The summed E-state index contributed by atoms with van der Waals surface area (Å²) in [4.78, 5) is 12.9. The van der Waals surface area contributed by atoms with Gasteiger partial charge in [0.15, 0.2) is 0 Å². The molecule has 1 atom stereocenters. The van der Waals surface area contributed by atoms with E-state index in [4.69, 9.17) is 5.84 Å². The summed E-state index contributed by atoms with van der Waals surface area (Å²) in [7, 11) is 0. The molecule has 31 heavy (non-hydrogen) atoms. The number of hydrogen-bond donors (Lipinski definition) is 2. The number of nitrogen functional groups attached to an aromatic ring is 1. The molecule has 0 saturated heterocycles. The van der Waals surface area contributed by atoms with Crippen molar-refractivity contribution in [3.05, 3.63) is 71.5 Å². The van der Waals surface area contributed by atoms with Crippen molar-refractivity contribution >= 4 is 23.4 Å². The highest BCUT2D eigenvalue weighted by Gasteiger charge is 2.39. The number of nitrogens with one attached hydrogen (secondary N) is 1. The Labute approximate surface area is 175 Å². The molecule has 0 saturated carbocycles. The quantitative estimate of drug-likeness (QED) is 0.332. The van der Waals surface area contributed by atoms with Gasteiger partial charge in [-0.05, 0) is 23.8 Å². The molecule has 1 unspecified atom stereocenters. The minimum absolute atomic E-state index is 0.133. The molecule has 3 N–H and O–H groups in total.